The first kappa shape index (κ1) is 23.1. The fourth-order valence-corrected chi connectivity index (χ4v) is 4.98. The van der Waals surface area contributed by atoms with E-state index in [1.54, 1.807) is 36.4 Å². The smallest absolute Gasteiger partial charge is 0.295 e. The van der Waals surface area contributed by atoms with E-state index >= 15 is 0 Å². The first-order chi connectivity index (χ1) is 17.0. The Kier molecular flexibility index (Phi) is 6.52. The zero-order chi connectivity index (χ0) is 24.3. The number of para-hydroxylation sites is 1. The number of anilines is 1. The summed E-state index contributed by atoms with van der Waals surface area (Å²) in [6.45, 7) is 1.39. The van der Waals surface area contributed by atoms with Gasteiger partial charge < -0.3 is 14.3 Å². The monoisotopic (exact) mass is 493 g/mol. The van der Waals surface area contributed by atoms with Crippen LogP contribution in [-0.2, 0) is 23.0 Å². The molecule has 0 fully saturated rings. The van der Waals surface area contributed by atoms with Crippen LogP contribution in [0.25, 0.3) is 21.9 Å². The van der Waals surface area contributed by atoms with Crippen LogP contribution in [0.5, 0.6) is 0 Å². The molecule has 5 rings (SSSR count). The zero-order valence-corrected chi connectivity index (χ0v) is 19.6. The molecule has 2 aromatic heterocycles. The van der Waals surface area contributed by atoms with Gasteiger partial charge in [-0.15, -0.1) is 0 Å². The highest BCUT2D eigenvalue weighted by Crippen LogP contribution is 2.25. The highest BCUT2D eigenvalue weighted by atomic mass is 32.2. The van der Waals surface area contributed by atoms with Gasteiger partial charge in [-0.2, -0.15) is 8.42 Å². The van der Waals surface area contributed by atoms with Gasteiger partial charge in [-0.05, 0) is 61.7 Å². The van der Waals surface area contributed by atoms with Crippen LogP contribution in [0.4, 0.5) is 10.1 Å². The molecule has 0 aliphatic rings. The van der Waals surface area contributed by atoms with Crippen molar-refractivity contribution in [3.63, 3.8) is 0 Å². The summed E-state index contributed by atoms with van der Waals surface area (Å²) in [5.41, 5.74) is 3.26. The largest absolute Gasteiger partial charge is 0.443 e. The number of hydrogen-bond donors (Lipinski definition) is 2. The summed E-state index contributed by atoms with van der Waals surface area (Å²) in [4.78, 5) is 0. The Labute approximate surface area is 202 Å². The number of benzene rings is 3. The van der Waals surface area contributed by atoms with E-state index in [0.29, 0.717) is 23.4 Å². The number of hydrogen-bond acceptors (Lipinski definition) is 6. The fourth-order valence-electron chi connectivity index (χ4n) is 3.96. The second kappa shape index (κ2) is 9.89. The first-order valence-electron chi connectivity index (χ1n) is 11.3. The van der Waals surface area contributed by atoms with Crippen molar-refractivity contribution in [2.24, 2.45) is 0 Å². The molecule has 0 spiro atoms. The number of aryl methyl sites for hydroxylation is 1. The molecule has 0 saturated heterocycles. The van der Waals surface area contributed by atoms with E-state index in [9.17, 15) is 12.8 Å². The van der Waals surface area contributed by atoms with Crippen LogP contribution in [0.2, 0.25) is 0 Å². The molecule has 0 unspecified atom stereocenters. The second-order valence-electron chi connectivity index (χ2n) is 8.31. The Morgan fingerprint density at radius 2 is 1.80 bits per heavy atom. The number of nitrogens with one attached hydrogen (secondary N) is 2. The maximum atomic E-state index is 13.3. The maximum Gasteiger partial charge on any atom is 0.295 e. The SMILES string of the molecule is O=S(=O)(Nc1cccc(CNCCCCc2noc3cc(F)ccc23)c1)c1cc2ccccc2o1. The summed E-state index contributed by atoms with van der Waals surface area (Å²) in [5.74, 6) is -0.337. The Morgan fingerprint density at radius 3 is 2.69 bits per heavy atom. The van der Waals surface area contributed by atoms with Gasteiger partial charge in [-0.1, -0.05) is 35.5 Å². The van der Waals surface area contributed by atoms with Crippen molar-refractivity contribution in [3.8, 4) is 0 Å². The van der Waals surface area contributed by atoms with Crippen molar-refractivity contribution >= 4 is 37.6 Å². The van der Waals surface area contributed by atoms with E-state index in [-0.39, 0.29) is 10.9 Å². The molecule has 0 amide bonds. The summed E-state index contributed by atoms with van der Waals surface area (Å²) in [6.07, 6.45) is 2.58. The predicted octanol–water partition coefficient (Wildman–Crippen LogP) is 5.63. The minimum Gasteiger partial charge on any atom is -0.443 e. The quantitative estimate of drug-likeness (QED) is 0.245. The molecule has 2 N–H and O–H groups in total. The van der Waals surface area contributed by atoms with Crippen LogP contribution in [0.3, 0.4) is 0 Å². The van der Waals surface area contributed by atoms with Gasteiger partial charge in [0.15, 0.2) is 5.58 Å². The van der Waals surface area contributed by atoms with Gasteiger partial charge in [-0.25, -0.2) is 4.39 Å². The van der Waals surface area contributed by atoms with E-state index in [1.165, 1.54) is 18.2 Å². The van der Waals surface area contributed by atoms with Crippen LogP contribution in [0.1, 0.15) is 24.1 Å². The minimum absolute atomic E-state index is 0.118. The molecule has 0 saturated carbocycles. The van der Waals surface area contributed by atoms with E-state index in [4.69, 9.17) is 8.94 Å². The third-order valence-corrected chi connectivity index (χ3v) is 6.94. The normalized spacial score (nSPS) is 11.9. The lowest BCUT2D eigenvalue weighted by Gasteiger charge is -2.09. The molecular formula is C26H24FN3O4S. The molecule has 35 heavy (non-hydrogen) atoms. The Balaban J connectivity index is 1.11. The molecule has 0 radical (unpaired) electrons. The lowest BCUT2D eigenvalue weighted by atomic mass is 10.1. The molecular weight excluding hydrogens is 469 g/mol. The highest BCUT2D eigenvalue weighted by molar-refractivity contribution is 7.92. The van der Waals surface area contributed by atoms with Gasteiger partial charge in [0, 0.05) is 35.1 Å². The molecule has 5 aromatic rings. The maximum absolute atomic E-state index is 13.3. The van der Waals surface area contributed by atoms with Crippen LogP contribution < -0.4 is 10.0 Å². The van der Waals surface area contributed by atoms with Crippen LogP contribution in [0, 0.1) is 5.82 Å². The molecule has 0 atom stereocenters. The number of aromatic nitrogens is 1. The van der Waals surface area contributed by atoms with Crippen molar-refractivity contribution in [2.45, 2.75) is 30.9 Å². The van der Waals surface area contributed by atoms with E-state index < -0.39 is 10.0 Å². The Hall–Kier alpha value is -3.69. The van der Waals surface area contributed by atoms with Gasteiger partial charge in [0.2, 0.25) is 5.09 Å². The van der Waals surface area contributed by atoms with E-state index in [2.05, 4.69) is 15.2 Å². The summed E-state index contributed by atoms with van der Waals surface area (Å²) in [7, 11) is -3.84. The molecule has 0 aliphatic carbocycles. The van der Waals surface area contributed by atoms with Crippen LogP contribution in [-0.4, -0.2) is 20.1 Å². The lowest BCUT2D eigenvalue weighted by Crippen LogP contribution is -2.16. The van der Waals surface area contributed by atoms with E-state index in [0.717, 1.165) is 47.8 Å². The standard InChI is InChI=1S/C26H24FN3O4S/c27-20-11-12-22-23(29-34-25(22)16-20)9-3-4-13-28-17-18-6-5-8-21(14-18)30-35(31,32)26-15-19-7-1-2-10-24(19)33-26/h1-2,5-8,10-12,14-16,28,30H,3-4,9,13,17H2. The molecule has 0 aliphatic heterocycles. The second-order valence-corrected chi connectivity index (χ2v) is 9.93. The van der Waals surface area contributed by atoms with Crippen LogP contribution in [0.15, 0.2) is 86.8 Å². The van der Waals surface area contributed by atoms with Gasteiger partial charge in [0.1, 0.15) is 11.4 Å². The lowest BCUT2D eigenvalue weighted by molar-refractivity contribution is 0.442. The molecule has 7 nitrogen and oxygen atoms in total. The average Bonchev–Trinajstić information content (AvgIpc) is 3.46. The van der Waals surface area contributed by atoms with Crippen LogP contribution >= 0.6 is 0 Å². The van der Waals surface area contributed by atoms with Crippen molar-refractivity contribution in [3.05, 3.63) is 89.9 Å². The Morgan fingerprint density at radius 1 is 0.914 bits per heavy atom. The van der Waals surface area contributed by atoms with Crippen molar-refractivity contribution in [2.75, 3.05) is 11.3 Å². The summed E-state index contributed by atoms with van der Waals surface area (Å²) >= 11 is 0. The number of fused-ring (bicyclic) bond motifs is 2. The summed E-state index contributed by atoms with van der Waals surface area (Å²) in [5, 5.41) is 8.89. The number of sulfonamides is 1. The Bertz CT molecular complexity index is 1540. The third-order valence-electron chi connectivity index (χ3n) is 5.70. The van der Waals surface area contributed by atoms with E-state index in [1.807, 2.05) is 18.2 Å². The average molecular weight is 494 g/mol. The molecule has 3 aromatic carbocycles. The number of nitrogens with zero attached hydrogens (tertiary/aromatic N) is 1. The van der Waals surface area contributed by atoms with Gasteiger partial charge >= 0.3 is 0 Å². The number of unbranched alkanes of at least 4 members (excludes halogenated alkanes) is 1. The zero-order valence-electron chi connectivity index (χ0n) is 18.8. The van der Waals surface area contributed by atoms with Crippen molar-refractivity contribution in [1.82, 2.24) is 10.5 Å². The number of furan rings is 1. The minimum atomic E-state index is -3.84. The molecule has 9 heteroatoms. The van der Waals surface area contributed by atoms with Crippen molar-refractivity contribution < 1.29 is 21.7 Å². The van der Waals surface area contributed by atoms with Crippen molar-refractivity contribution in [1.29, 1.82) is 0 Å². The van der Waals surface area contributed by atoms with Gasteiger partial charge in [0.05, 0.1) is 5.69 Å². The summed E-state index contributed by atoms with van der Waals surface area (Å²) < 4.78 is 52.1. The highest BCUT2D eigenvalue weighted by Gasteiger charge is 2.19. The first-order valence-corrected chi connectivity index (χ1v) is 12.8. The third kappa shape index (κ3) is 5.36. The molecule has 2 heterocycles. The van der Waals surface area contributed by atoms with Gasteiger partial charge in [0.25, 0.3) is 10.0 Å². The summed E-state index contributed by atoms with van der Waals surface area (Å²) in [6, 6.07) is 20.4. The number of halogens is 1. The fraction of sp³-hybridized carbons (Fsp3) is 0.192. The molecule has 0 bridgehead atoms. The molecule has 180 valence electrons. The predicted molar refractivity (Wildman–Crippen MR) is 132 cm³/mol. The number of rotatable bonds is 10. The van der Waals surface area contributed by atoms with Gasteiger partial charge in [-0.3, -0.25) is 4.72 Å². The topological polar surface area (TPSA) is 97.4 Å².